The van der Waals surface area contributed by atoms with Crippen LogP contribution in [0.1, 0.15) is 33.1 Å². The van der Waals surface area contributed by atoms with Crippen LogP contribution in [0.15, 0.2) is 0 Å². The fourth-order valence-electron chi connectivity index (χ4n) is 2.08. The van der Waals surface area contributed by atoms with E-state index < -0.39 is 0 Å². The Morgan fingerprint density at radius 1 is 1.25 bits per heavy atom. The van der Waals surface area contributed by atoms with Crippen LogP contribution in [-0.4, -0.2) is 51.0 Å². The van der Waals surface area contributed by atoms with Crippen LogP contribution in [0, 0.1) is 5.92 Å². The zero-order chi connectivity index (χ0) is 11.6. The first kappa shape index (κ1) is 13.9. The summed E-state index contributed by atoms with van der Waals surface area (Å²) < 4.78 is 11.1. The van der Waals surface area contributed by atoms with Gasteiger partial charge in [0.1, 0.15) is 0 Å². The second-order valence-electron chi connectivity index (χ2n) is 4.59. The third-order valence-corrected chi connectivity index (χ3v) is 3.28. The van der Waals surface area contributed by atoms with Crippen molar-refractivity contribution < 1.29 is 9.47 Å². The van der Waals surface area contributed by atoms with Gasteiger partial charge in [0.15, 0.2) is 0 Å². The Labute approximate surface area is 100 Å². The van der Waals surface area contributed by atoms with Crippen molar-refractivity contribution >= 4 is 0 Å². The highest BCUT2D eigenvalue weighted by molar-refractivity contribution is 4.61. The van der Waals surface area contributed by atoms with Crippen LogP contribution in [-0.2, 0) is 9.47 Å². The van der Waals surface area contributed by atoms with Crippen molar-refractivity contribution in [3.8, 4) is 0 Å². The van der Waals surface area contributed by atoms with Gasteiger partial charge in [-0.1, -0.05) is 26.7 Å². The molecule has 3 nitrogen and oxygen atoms in total. The van der Waals surface area contributed by atoms with Crippen molar-refractivity contribution in [3.05, 3.63) is 0 Å². The second kappa shape index (κ2) is 8.97. The average Bonchev–Trinajstić information content (AvgIpc) is 2.34. The standard InChI is InChI=1S/C13H27NO2/c1-3-5-13(4-2)12-16-11-8-14-6-9-15-10-7-14/h13H,3-12H2,1-2H3. The Balaban J connectivity index is 1.97. The molecule has 0 aromatic carbocycles. The van der Waals surface area contributed by atoms with Crippen molar-refractivity contribution in [2.45, 2.75) is 33.1 Å². The number of rotatable bonds is 8. The molecule has 1 saturated heterocycles. The van der Waals surface area contributed by atoms with Gasteiger partial charge in [0.2, 0.25) is 0 Å². The molecule has 16 heavy (non-hydrogen) atoms. The van der Waals surface area contributed by atoms with E-state index in [2.05, 4.69) is 18.7 Å². The smallest absolute Gasteiger partial charge is 0.0594 e. The summed E-state index contributed by atoms with van der Waals surface area (Å²) in [5.74, 6) is 0.759. The lowest BCUT2D eigenvalue weighted by molar-refractivity contribution is 0.0150. The SMILES string of the molecule is CCCC(CC)COCCN1CCOCC1. The predicted octanol–water partition coefficient (Wildman–Crippen LogP) is 2.16. The number of morpholine rings is 1. The lowest BCUT2D eigenvalue weighted by Gasteiger charge is -2.26. The van der Waals surface area contributed by atoms with E-state index in [9.17, 15) is 0 Å². The van der Waals surface area contributed by atoms with Crippen LogP contribution in [0.5, 0.6) is 0 Å². The Bertz CT molecular complexity index is 151. The summed E-state index contributed by atoms with van der Waals surface area (Å²) in [6.45, 7) is 11.3. The normalized spacial score (nSPS) is 19.9. The van der Waals surface area contributed by atoms with Crippen LogP contribution in [0.2, 0.25) is 0 Å². The molecular formula is C13H27NO2. The summed E-state index contributed by atoms with van der Waals surface area (Å²) in [6.07, 6.45) is 3.81. The van der Waals surface area contributed by atoms with Crippen molar-refractivity contribution in [3.63, 3.8) is 0 Å². The second-order valence-corrected chi connectivity index (χ2v) is 4.59. The Morgan fingerprint density at radius 3 is 2.62 bits per heavy atom. The highest BCUT2D eigenvalue weighted by Gasteiger charge is 2.10. The van der Waals surface area contributed by atoms with Gasteiger partial charge in [0.25, 0.3) is 0 Å². The van der Waals surface area contributed by atoms with Gasteiger partial charge >= 0.3 is 0 Å². The molecule has 1 rings (SSSR count). The lowest BCUT2D eigenvalue weighted by atomic mass is 10.0. The van der Waals surface area contributed by atoms with E-state index in [0.717, 1.165) is 52.0 Å². The molecule has 96 valence electrons. The third kappa shape index (κ3) is 5.83. The molecule has 0 amide bonds. The number of hydrogen-bond donors (Lipinski definition) is 0. The first-order chi connectivity index (χ1) is 7.86. The molecule has 0 saturated carbocycles. The van der Waals surface area contributed by atoms with Crippen LogP contribution >= 0.6 is 0 Å². The third-order valence-electron chi connectivity index (χ3n) is 3.28. The van der Waals surface area contributed by atoms with E-state index in [1.807, 2.05) is 0 Å². The molecule has 1 aliphatic rings. The summed E-state index contributed by atoms with van der Waals surface area (Å²) in [5, 5.41) is 0. The maximum Gasteiger partial charge on any atom is 0.0594 e. The average molecular weight is 229 g/mol. The summed E-state index contributed by atoms with van der Waals surface area (Å²) in [6, 6.07) is 0. The molecule has 0 aromatic rings. The molecule has 1 heterocycles. The molecule has 0 radical (unpaired) electrons. The first-order valence-electron chi connectivity index (χ1n) is 6.74. The van der Waals surface area contributed by atoms with Gasteiger partial charge in [-0.3, -0.25) is 4.90 Å². The van der Waals surface area contributed by atoms with Crippen LogP contribution in [0.25, 0.3) is 0 Å². The van der Waals surface area contributed by atoms with E-state index in [1.54, 1.807) is 0 Å². The van der Waals surface area contributed by atoms with E-state index in [4.69, 9.17) is 9.47 Å². The molecule has 0 aromatic heterocycles. The van der Waals surface area contributed by atoms with E-state index in [-0.39, 0.29) is 0 Å². The van der Waals surface area contributed by atoms with E-state index >= 15 is 0 Å². The molecule has 0 N–H and O–H groups in total. The van der Waals surface area contributed by atoms with E-state index in [0.29, 0.717) is 0 Å². The number of hydrogen-bond acceptors (Lipinski definition) is 3. The van der Waals surface area contributed by atoms with Crippen LogP contribution in [0.3, 0.4) is 0 Å². The number of nitrogens with zero attached hydrogens (tertiary/aromatic N) is 1. The molecule has 0 spiro atoms. The minimum Gasteiger partial charge on any atom is -0.380 e. The van der Waals surface area contributed by atoms with Gasteiger partial charge in [-0.25, -0.2) is 0 Å². The highest BCUT2D eigenvalue weighted by Crippen LogP contribution is 2.10. The summed E-state index contributed by atoms with van der Waals surface area (Å²) in [7, 11) is 0. The molecule has 1 aliphatic heterocycles. The van der Waals surface area contributed by atoms with E-state index in [1.165, 1.54) is 19.3 Å². The zero-order valence-electron chi connectivity index (χ0n) is 10.9. The highest BCUT2D eigenvalue weighted by atomic mass is 16.5. The molecule has 1 unspecified atom stereocenters. The van der Waals surface area contributed by atoms with Gasteiger partial charge in [-0.15, -0.1) is 0 Å². The van der Waals surface area contributed by atoms with Crippen molar-refractivity contribution in [2.75, 3.05) is 46.1 Å². The minimum atomic E-state index is 0.759. The quantitative estimate of drug-likeness (QED) is 0.595. The molecule has 1 atom stereocenters. The fourth-order valence-corrected chi connectivity index (χ4v) is 2.08. The topological polar surface area (TPSA) is 21.7 Å². The summed E-state index contributed by atoms with van der Waals surface area (Å²) in [5.41, 5.74) is 0. The molecule has 3 heteroatoms. The van der Waals surface area contributed by atoms with Crippen molar-refractivity contribution in [1.82, 2.24) is 4.90 Å². The summed E-state index contributed by atoms with van der Waals surface area (Å²) >= 11 is 0. The monoisotopic (exact) mass is 229 g/mol. The zero-order valence-corrected chi connectivity index (χ0v) is 10.9. The lowest BCUT2D eigenvalue weighted by Crippen LogP contribution is -2.38. The Hall–Kier alpha value is -0.120. The number of ether oxygens (including phenoxy) is 2. The van der Waals surface area contributed by atoms with Gasteiger partial charge in [0.05, 0.1) is 19.8 Å². The minimum absolute atomic E-state index is 0.759. The molecular weight excluding hydrogens is 202 g/mol. The molecule has 1 fully saturated rings. The molecule has 0 aliphatic carbocycles. The van der Waals surface area contributed by atoms with Crippen LogP contribution in [0.4, 0.5) is 0 Å². The van der Waals surface area contributed by atoms with Gasteiger partial charge in [-0.2, -0.15) is 0 Å². The fraction of sp³-hybridized carbons (Fsp3) is 1.00. The maximum absolute atomic E-state index is 5.76. The molecule has 0 bridgehead atoms. The van der Waals surface area contributed by atoms with Gasteiger partial charge in [-0.05, 0) is 12.3 Å². The van der Waals surface area contributed by atoms with Gasteiger partial charge in [0, 0.05) is 26.2 Å². The summed E-state index contributed by atoms with van der Waals surface area (Å²) in [4.78, 5) is 2.42. The first-order valence-corrected chi connectivity index (χ1v) is 6.74. The van der Waals surface area contributed by atoms with Crippen LogP contribution < -0.4 is 0 Å². The van der Waals surface area contributed by atoms with Crippen molar-refractivity contribution in [1.29, 1.82) is 0 Å². The largest absolute Gasteiger partial charge is 0.380 e. The maximum atomic E-state index is 5.76. The van der Waals surface area contributed by atoms with Crippen molar-refractivity contribution in [2.24, 2.45) is 5.92 Å². The van der Waals surface area contributed by atoms with Gasteiger partial charge < -0.3 is 9.47 Å². The Morgan fingerprint density at radius 2 is 2.00 bits per heavy atom. The predicted molar refractivity (Wildman–Crippen MR) is 66.8 cm³/mol. The Kier molecular flexibility index (Phi) is 7.81.